The molecule has 2 rings (SSSR count). The molecular formula is C10H14ClN7S. The molecule has 4 N–H and O–H groups in total. The topological polar surface area (TPSA) is 92.0 Å². The maximum Gasteiger partial charge on any atom is 0.243 e. The largest absolute Gasteiger partial charge is 0.349 e. The summed E-state index contributed by atoms with van der Waals surface area (Å²) in [4.78, 5) is 15.4. The number of aromatic nitrogens is 3. The van der Waals surface area contributed by atoms with Gasteiger partial charge in [0.15, 0.2) is 0 Å². The highest BCUT2D eigenvalue weighted by atomic mass is 35.5. The van der Waals surface area contributed by atoms with Gasteiger partial charge in [-0.25, -0.2) is 5.84 Å². The molecule has 0 saturated carbocycles. The molecule has 0 fully saturated rings. The average Bonchev–Trinajstić information content (AvgIpc) is 2.81. The lowest BCUT2D eigenvalue weighted by atomic mass is 10.5. The Morgan fingerprint density at radius 1 is 1.26 bits per heavy atom. The number of hydrogen-bond acceptors (Lipinski definition) is 8. The lowest BCUT2D eigenvalue weighted by Crippen LogP contribution is -2.18. The molecule has 0 atom stereocenters. The van der Waals surface area contributed by atoms with Gasteiger partial charge in [0.2, 0.25) is 17.8 Å². The second kappa shape index (κ2) is 6.00. The quantitative estimate of drug-likeness (QED) is 0.570. The molecule has 0 radical (unpaired) electrons. The normalized spacial score (nSPS) is 10.3. The van der Waals surface area contributed by atoms with Gasteiger partial charge in [-0.05, 0) is 12.1 Å². The summed E-state index contributed by atoms with van der Waals surface area (Å²) in [5, 5.41) is 3.11. The Labute approximate surface area is 119 Å². The van der Waals surface area contributed by atoms with Crippen LogP contribution in [-0.2, 0) is 6.54 Å². The van der Waals surface area contributed by atoms with E-state index in [1.165, 1.54) is 11.3 Å². The first-order chi connectivity index (χ1) is 9.08. The number of hydrogen-bond donors (Lipinski definition) is 3. The molecule has 102 valence electrons. The maximum absolute atomic E-state index is 5.87. The van der Waals surface area contributed by atoms with Crippen molar-refractivity contribution < 1.29 is 0 Å². The molecule has 0 aliphatic rings. The first-order valence-electron chi connectivity index (χ1n) is 5.46. The zero-order valence-electron chi connectivity index (χ0n) is 10.5. The van der Waals surface area contributed by atoms with Crippen molar-refractivity contribution in [1.29, 1.82) is 0 Å². The SMILES string of the molecule is CN(C)c1nc(NN)nc(NCc2ccc(Cl)s2)n1. The zero-order chi connectivity index (χ0) is 13.8. The van der Waals surface area contributed by atoms with Crippen molar-refractivity contribution in [3.05, 3.63) is 21.3 Å². The minimum atomic E-state index is 0.311. The Morgan fingerprint density at radius 2 is 2.00 bits per heavy atom. The first-order valence-corrected chi connectivity index (χ1v) is 6.66. The highest BCUT2D eigenvalue weighted by molar-refractivity contribution is 7.16. The molecule has 9 heteroatoms. The summed E-state index contributed by atoms with van der Waals surface area (Å²) in [6.45, 7) is 0.596. The summed E-state index contributed by atoms with van der Waals surface area (Å²) in [5.74, 6) is 6.62. The van der Waals surface area contributed by atoms with Gasteiger partial charge in [0, 0.05) is 19.0 Å². The van der Waals surface area contributed by atoms with Crippen molar-refractivity contribution in [3.63, 3.8) is 0 Å². The van der Waals surface area contributed by atoms with Crippen LogP contribution >= 0.6 is 22.9 Å². The molecule has 2 aromatic rings. The molecule has 0 spiro atoms. The molecule has 0 aliphatic heterocycles. The number of nitrogens with zero attached hydrogens (tertiary/aromatic N) is 4. The fraction of sp³-hybridized carbons (Fsp3) is 0.300. The van der Waals surface area contributed by atoms with Crippen molar-refractivity contribution in [2.45, 2.75) is 6.54 Å². The van der Waals surface area contributed by atoms with Crippen LogP contribution in [0.1, 0.15) is 4.88 Å². The number of thiophene rings is 1. The molecule has 19 heavy (non-hydrogen) atoms. The van der Waals surface area contributed by atoms with E-state index in [1.54, 1.807) is 4.90 Å². The van der Waals surface area contributed by atoms with Gasteiger partial charge in [-0.2, -0.15) is 15.0 Å². The Bertz CT molecular complexity index is 557. The number of anilines is 3. The van der Waals surface area contributed by atoms with E-state index in [9.17, 15) is 0 Å². The Morgan fingerprint density at radius 3 is 2.58 bits per heavy atom. The Hall–Kier alpha value is -1.64. The molecule has 0 amide bonds. The van der Waals surface area contributed by atoms with Crippen LogP contribution in [-0.4, -0.2) is 29.0 Å². The van der Waals surface area contributed by atoms with Crippen LogP contribution < -0.4 is 21.5 Å². The Balaban J connectivity index is 2.12. The van der Waals surface area contributed by atoms with Crippen LogP contribution in [0.2, 0.25) is 4.34 Å². The van der Waals surface area contributed by atoms with E-state index in [0.717, 1.165) is 9.21 Å². The Kier molecular flexibility index (Phi) is 4.35. The van der Waals surface area contributed by atoms with Crippen LogP contribution in [0.15, 0.2) is 12.1 Å². The fourth-order valence-electron chi connectivity index (χ4n) is 1.32. The second-order valence-corrected chi connectivity index (χ2v) is 5.68. The first kappa shape index (κ1) is 13.8. The van der Waals surface area contributed by atoms with Crippen molar-refractivity contribution in [3.8, 4) is 0 Å². The minimum absolute atomic E-state index is 0.311. The standard InChI is InChI=1S/C10H14ClN7S/c1-18(2)10-15-8(14-9(16-10)17-12)13-5-6-3-4-7(11)19-6/h3-4H,5,12H2,1-2H3,(H2,13,14,15,16,17). The highest BCUT2D eigenvalue weighted by Crippen LogP contribution is 2.22. The number of nitrogen functional groups attached to an aromatic ring is 1. The van der Waals surface area contributed by atoms with Gasteiger partial charge < -0.3 is 10.2 Å². The second-order valence-electron chi connectivity index (χ2n) is 3.88. The maximum atomic E-state index is 5.87. The summed E-state index contributed by atoms with van der Waals surface area (Å²) >= 11 is 7.38. The summed E-state index contributed by atoms with van der Waals surface area (Å²) in [6, 6.07) is 3.81. The van der Waals surface area contributed by atoms with Crippen LogP contribution in [0.3, 0.4) is 0 Å². The fourth-order valence-corrected chi connectivity index (χ4v) is 2.35. The third-order valence-electron chi connectivity index (χ3n) is 2.20. The van der Waals surface area contributed by atoms with E-state index < -0.39 is 0 Å². The molecule has 0 saturated heterocycles. The van der Waals surface area contributed by atoms with Crippen molar-refractivity contribution in [2.75, 3.05) is 29.7 Å². The number of halogens is 1. The average molecular weight is 300 g/mol. The molecule has 0 bridgehead atoms. The monoisotopic (exact) mass is 299 g/mol. The molecule has 0 aromatic carbocycles. The summed E-state index contributed by atoms with van der Waals surface area (Å²) in [6.07, 6.45) is 0. The van der Waals surface area contributed by atoms with Gasteiger partial charge in [-0.3, -0.25) is 5.43 Å². The van der Waals surface area contributed by atoms with Crippen LogP contribution in [0.25, 0.3) is 0 Å². The van der Waals surface area contributed by atoms with Gasteiger partial charge in [-0.1, -0.05) is 11.6 Å². The van der Waals surface area contributed by atoms with Crippen LogP contribution in [0.5, 0.6) is 0 Å². The zero-order valence-corrected chi connectivity index (χ0v) is 12.1. The minimum Gasteiger partial charge on any atom is -0.349 e. The van der Waals surface area contributed by atoms with Crippen molar-refractivity contribution in [2.24, 2.45) is 5.84 Å². The summed E-state index contributed by atoms with van der Waals surface area (Å²) in [5.41, 5.74) is 2.42. The van der Waals surface area contributed by atoms with E-state index in [2.05, 4.69) is 25.7 Å². The lowest BCUT2D eigenvalue weighted by molar-refractivity contribution is 0.941. The smallest absolute Gasteiger partial charge is 0.243 e. The number of nitrogens with one attached hydrogen (secondary N) is 2. The molecule has 0 aliphatic carbocycles. The number of rotatable bonds is 5. The van der Waals surface area contributed by atoms with Crippen molar-refractivity contribution in [1.82, 2.24) is 15.0 Å². The van der Waals surface area contributed by atoms with E-state index in [4.69, 9.17) is 17.4 Å². The summed E-state index contributed by atoms with van der Waals surface area (Å²) < 4.78 is 0.755. The third kappa shape index (κ3) is 3.66. The van der Waals surface area contributed by atoms with Crippen molar-refractivity contribution >= 4 is 40.8 Å². The molecular weight excluding hydrogens is 286 g/mol. The van der Waals surface area contributed by atoms with Gasteiger partial charge in [0.1, 0.15) is 0 Å². The van der Waals surface area contributed by atoms with E-state index in [-0.39, 0.29) is 0 Å². The third-order valence-corrected chi connectivity index (χ3v) is 3.43. The summed E-state index contributed by atoms with van der Waals surface area (Å²) in [7, 11) is 3.69. The molecule has 7 nitrogen and oxygen atoms in total. The van der Waals surface area contributed by atoms with E-state index in [0.29, 0.717) is 24.4 Å². The van der Waals surface area contributed by atoms with Gasteiger partial charge >= 0.3 is 0 Å². The molecule has 0 unspecified atom stereocenters. The van der Waals surface area contributed by atoms with Crippen LogP contribution in [0.4, 0.5) is 17.8 Å². The number of nitrogens with two attached hydrogens (primary N) is 1. The predicted molar refractivity (Wildman–Crippen MR) is 78.6 cm³/mol. The predicted octanol–water partition coefficient (Wildman–Crippen LogP) is 1.55. The highest BCUT2D eigenvalue weighted by Gasteiger charge is 2.07. The molecule has 2 aromatic heterocycles. The number of hydrazine groups is 1. The van der Waals surface area contributed by atoms with Gasteiger partial charge in [-0.15, -0.1) is 11.3 Å². The van der Waals surface area contributed by atoms with Gasteiger partial charge in [0.25, 0.3) is 0 Å². The lowest BCUT2D eigenvalue weighted by Gasteiger charge is -2.12. The van der Waals surface area contributed by atoms with E-state index in [1.807, 2.05) is 26.2 Å². The molecule has 2 heterocycles. The van der Waals surface area contributed by atoms with Gasteiger partial charge in [0.05, 0.1) is 10.9 Å². The van der Waals surface area contributed by atoms with Crippen LogP contribution in [0, 0.1) is 0 Å². The van der Waals surface area contributed by atoms with E-state index >= 15 is 0 Å².